The van der Waals surface area contributed by atoms with E-state index in [4.69, 9.17) is 5.26 Å². The van der Waals surface area contributed by atoms with Gasteiger partial charge in [-0.15, -0.1) is 12.6 Å². The number of piperidine rings is 1. The van der Waals surface area contributed by atoms with Gasteiger partial charge < -0.3 is 5.32 Å². The van der Waals surface area contributed by atoms with Crippen LogP contribution >= 0.6 is 12.6 Å². The fourth-order valence-corrected chi connectivity index (χ4v) is 2.31. The average molecular weight is 219 g/mol. The van der Waals surface area contributed by atoms with Crippen LogP contribution in [-0.4, -0.2) is 18.1 Å². The maximum Gasteiger partial charge on any atom is 0.100 e. The fraction of sp³-hybridized carbons (Fsp3) is 0.455. The lowest BCUT2D eigenvalue weighted by Crippen LogP contribution is -2.29. The second-order valence-electron chi connectivity index (χ2n) is 3.75. The normalized spacial score (nSPS) is 20.9. The summed E-state index contributed by atoms with van der Waals surface area (Å²) in [6.45, 7) is 2.02. The summed E-state index contributed by atoms with van der Waals surface area (Å²) < 4.78 is 0. The van der Waals surface area contributed by atoms with E-state index in [1.54, 1.807) is 12.3 Å². The number of pyridine rings is 1. The number of nitrogens with zero attached hydrogens (tertiary/aromatic N) is 2. The molecule has 1 aromatic heterocycles. The minimum absolute atomic E-state index is 0.402. The summed E-state index contributed by atoms with van der Waals surface area (Å²) in [5.74, 6) is 0.402. The Bertz CT molecular complexity index is 391. The largest absolute Gasteiger partial charge is 0.316 e. The number of aromatic nitrogens is 1. The van der Waals surface area contributed by atoms with E-state index >= 15 is 0 Å². The third-order valence-electron chi connectivity index (χ3n) is 2.76. The zero-order valence-electron chi connectivity index (χ0n) is 8.40. The van der Waals surface area contributed by atoms with Crippen LogP contribution in [0, 0.1) is 11.3 Å². The standard InChI is InChI=1S/C11H13N3S/c12-6-8-3-5-14-10(11(8)15)9-2-1-4-13-7-9/h3,5,9,13,15H,1-2,4,7H2. The van der Waals surface area contributed by atoms with Crippen molar-refractivity contribution in [3.63, 3.8) is 0 Å². The number of thiol groups is 1. The number of nitrogens with one attached hydrogen (secondary N) is 1. The number of rotatable bonds is 1. The van der Waals surface area contributed by atoms with E-state index in [-0.39, 0.29) is 0 Å². The van der Waals surface area contributed by atoms with Crippen LogP contribution in [0.4, 0.5) is 0 Å². The maximum atomic E-state index is 8.90. The molecule has 78 valence electrons. The summed E-state index contributed by atoms with van der Waals surface area (Å²) in [6, 6.07) is 3.85. The molecule has 0 spiro atoms. The van der Waals surface area contributed by atoms with Gasteiger partial charge in [0.15, 0.2) is 0 Å². The minimum Gasteiger partial charge on any atom is -0.316 e. The average Bonchev–Trinajstić information content (AvgIpc) is 2.30. The molecule has 2 rings (SSSR count). The Kier molecular flexibility index (Phi) is 3.24. The van der Waals surface area contributed by atoms with Gasteiger partial charge in [0.05, 0.1) is 11.3 Å². The van der Waals surface area contributed by atoms with Crippen LogP contribution in [0.25, 0.3) is 0 Å². The molecule has 1 N–H and O–H groups in total. The first kappa shape index (κ1) is 10.5. The monoisotopic (exact) mass is 219 g/mol. The molecule has 0 aliphatic carbocycles. The predicted octanol–water partition coefficient (Wildman–Crippen LogP) is 1.71. The summed E-state index contributed by atoms with van der Waals surface area (Å²) in [5, 5.41) is 12.2. The van der Waals surface area contributed by atoms with Gasteiger partial charge in [-0.3, -0.25) is 4.98 Å². The first-order chi connectivity index (χ1) is 7.33. The molecule has 15 heavy (non-hydrogen) atoms. The quantitative estimate of drug-likeness (QED) is 0.707. The van der Waals surface area contributed by atoms with Crippen LogP contribution < -0.4 is 5.32 Å². The van der Waals surface area contributed by atoms with Crippen LogP contribution in [0.15, 0.2) is 17.2 Å². The highest BCUT2D eigenvalue weighted by Crippen LogP contribution is 2.28. The van der Waals surface area contributed by atoms with Gasteiger partial charge in [-0.2, -0.15) is 5.26 Å². The summed E-state index contributed by atoms with van der Waals surface area (Å²) in [4.78, 5) is 5.09. The Morgan fingerprint density at radius 1 is 1.60 bits per heavy atom. The minimum atomic E-state index is 0.402. The molecule has 1 aliphatic heterocycles. The molecule has 3 nitrogen and oxygen atoms in total. The van der Waals surface area contributed by atoms with Crippen LogP contribution in [0.2, 0.25) is 0 Å². The topological polar surface area (TPSA) is 48.7 Å². The van der Waals surface area contributed by atoms with Gasteiger partial charge in [-0.1, -0.05) is 0 Å². The van der Waals surface area contributed by atoms with Crippen LogP contribution in [0.5, 0.6) is 0 Å². The highest BCUT2D eigenvalue weighted by molar-refractivity contribution is 7.80. The summed E-state index contributed by atoms with van der Waals surface area (Å²) in [7, 11) is 0. The Balaban J connectivity index is 2.31. The van der Waals surface area contributed by atoms with Gasteiger partial charge in [0, 0.05) is 23.6 Å². The Morgan fingerprint density at radius 3 is 3.13 bits per heavy atom. The molecule has 1 aliphatic rings. The first-order valence-electron chi connectivity index (χ1n) is 5.11. The van der Waals surface area contributed by atoms with Gasteiger partial charge in [-0.25, -0.2) is 0 Å². The van der Waals surface area contributed by atoms with E-state index in [0.29, 0.717) is 11.5 Å². The Hall–Kier alpha value is -1.05. The lowest BCUT2D eigenvalue weighted by atomic mass is 9.95. The summed E-state index contributed by atoms with van der Waals surface area (Å²) >= 11 is 4.39. The first-order valence-corrected chi connectivity index (χ1v) is 5.56. The molecule has 0 saturated carbocycles. The molecule has 1 fully saturated rings. The van der Waals surface area contributed by atoms with Crippen molar-refractivity contribution in [2.24, 2.45) is 0 Å². The highest BCUT2D eigenvalue weighted by Gasteiger charge is 2.19. The van der Waals surface area contributed by atoms with E-state index in [0.717, 1.165) is 36.5 Å². The summed E-state index contributed by atoms with van der Waals surface area (Å²) in [6.07, 6.45) is 3.99. The second-order valence-corrected chi connectivity index (χ2v) is 4.19. The molecule has 2 heterocycles. The van der Waals surface area contributed by atoms with Crippen LogP contribution in [0.3, 0.4) is 0 Å². The third-order valence-corrected chi connectivity index (χ3v) is 3.23. The van der Waals surface area contributed by atoms with E-state index < -0.39 is 0 Å². The van der Waals surface area contributed by atoms with Crippen molar-refractivity contribution < 1.29 is 0 Å². The molecule has 1 saturated heterocycles. The van der Waals surface area contributed by atoms with Gasteiger partial charge in [0.25, 0.3) is 0 Å². The van der Waals surface area contributed by atoms with Gasteiger partial charge in [0.2, 0.25) is 0 Å². The highest BCUT2D eigenvalue weighted by atomic mass is 32.1. The molecule has 0 amide bonds. The molecule has 0 bridgehead atoms. The second kappa shape index (κ2) is 4.65. The fourth-order valence-electron chi connectivity index (χ4n) is 1.94. The predicted molar refractivity (Wildman–Crippen MR) is 61.0 cm³/mol. The van der Waals surface area contributed by atoms with Gasteiger partial charge >= 0.3 is 0 Å². The molecule has 0 aromatic carbocycles. The summed E-state index contributed by atoms with van der Waals surface area (Å²) in [5.41, 5.74) is 1.58. The molecular formula is C11H13N3S. The molecule has 0 radical (unpaired) electrons. The Morgan fingerprint density at radius 2 is 2.47 bits per heavy atom. The molecule has 1 atom stereocenters. The van der Waals surface area contributed by atoms with Crippen molar-refractivity contribution in [1.29, 1.82) is 5.26 Å². The smallest absolute Gasteiger partial charge is 0.100 e. The lowest BCUT2D eigenvalue weighted by molar-refractivity contribution is 0.450. The van der Waals surface area contributed by atoms with Gasteiger partial charge in [-0.05, 0) is 25.5 Å². The third kappa shape index (κ3) is 2.14. The van der Waals surface area contributed by atoms with Crippen molar-refractivity contribution in [3.8, 4) is 6.07 Å². The zero-order chi connectivity index (χ0) is 10.7. The van der Waals surface area contributed by atoms with Gasteiger partial charge in [0.1, 0.15) is 6.07 Å². The van der Waals surface area contributed by atoms with Crippen molar-refractivity contribution in [2.45, 2.75) is 23.7 Å². The van der Waals surface area contributed by atoms with E-state index in [9.17, 15) is 0 Å². The number of hydrogen-bond acceptors (Lipinski definition) is 4. The molecule has 1 aromatic rings. The SMILES string of the molecule is N#Cc1ccnc(C2CCCNC2)c1S. The van der Waals surface area contributed by atoms with E-state index in [1.165, 1.54) is 0 Å². The Labute approximate surface area is 94.9 Å². The zero-order valence-corrected chi connectivity index (χ0v) is 9.30. The van der Waals surface area contributed by atoms with Crippen LogP contribution in [-0.2, 0) is 0 Å². The molecular weight excluding hydrogens is 206 g/mol. The van der Waals surface area contributed by atoms with Crippen LogP contribution in [0.1, 0.15) is 30.0 Å². The maximum absolute atomic E-state index is 8.90. The van der Waals surface area contributed by atoms with Crippen molar-refractivity contribution in [3.05, 3.63) is 23.5 Å². The van der Waals surface area contributed by atoms with Crippen molar-refractivity contribution in [1.82, 2.24) is 10.3 Å². The van der Waals surface area contributed by atoms with E-state index in [1.807, 2.05) is 0 Å². The van der Waals surface area contributed by atoms with E-state index in [2.05, 4.69) is 29.0 Å². The molecule has 4 heteroatoms. The van der Waals surface area contributed by atoms with Crippen molar-refractivity contribution >= 4 is 12.6 Å². The number of hydrogen-bond donors (Lipinski definition) is 2. The lowest BCUT2D eigenvalue weighted by Gasteiger charge is -2.23. The number of nitriles is 1. The molecule has 1 unspecified atom stereocenters. The van der Waals surface area contributed by atoms with Crippen molar-refractivity contribution in [2.75, 3.05) is 13.1 Å².